The third-order valence-corrected chi connectivity index (χ3v) is 9.71. The Morgan fingerprint density at radius 2 is 0.769 bits per heavy atom. The first-order valence-electron chi connectivity index (χ1n) is 20.2. The van der Waals surface area contributed by atoms with Crippen LogP contribution in [-0.2, 0) is 19.1 Å². The Labute approximate surface area is 312 Å². The smallest absolute Gasteiger partial charge is 0.305 e. The molecule has 0 fully saturated rings. The van der Waals surface area contributed by atoms with Crippen LogP contribution < -0.4 is 9.47 Å². The highest BCUT2D eigenvalue weighted by Crippen LogP contribution is 2.45. The van der Waals surface area contributed by atoms with Crippen LogP contribution in [0.25, 0.3) is 32.7 Å². The highest BCUT2D eigenvalue weighted by Gasteiger charge is 2.19. The second-order valence-corrected chi connectivity index (χ2v) is 13.8. The molecule has 0 aliphatic heterocycles. The monoisotopic (exact) mass is 710 g/mol. The zero-order valence-electron chi connectivity index (χ0n) is 31.9. The molecule has 0 spiro atoms. The number of carbonyl (C=O) groups excluding carboxylic acids is 2. The van der Waals surface area contributed by atoms with Gasteiger partial charge >= 0.3 is 11.9 Å². The first-order valence-corrected chi connectivity index (χ1v) is 20.2. The zero-order chi connectivity index (χ0) is 36.6. The average molecular weight is 711 g/mol. The van der Waals surface area contributed by atoms with Crippen molar-refractivity contribution in [2.75, 3.05) is 26.4 Å². The Balaban J connectivity index is 1.31. The predicted octanol–water partition coefficient (Wildman–Crippen LogP) is 12.6. The van der Waals surface area contributed by atoms with Gasteiger partial charge in [-0.3, -0.25) is 9.59 Å². The Kier molecular flexibility index (Phi) is 19.0. The van der Waals surface area contributed by atoms with Crippen LogP contribution in [-0.4, -0.2) is 38.4 Å². The second-order valence-electron chi connectivity index (χ2n) is 13.8. The van der Waals surface area contributed by atoms with E-state index in [0.29, 0.717) is 39.3 Å². The minimum atomic E-state index is -0.0727. The fourth-order valence-electron chi connectivity index (χ4n) is 6.95. The zero-order valence-corrected chi connectivity index (χ0v) is 31.9. The van der Waals surface area contributed by atoms with E-state index in [1.54, 1.807) is 0 Å². The Hall–Kier alpha value is -4.06. The van der Waals surface area contributed by atoms with Crippen LogP contribution in [0.1, 0.15) is 129 Å². The van der Waals surface area contributed by atoms with Crippen LogP contribution in [0.4, 0.5) is 0 Å². The van der Waals surface area contributed by atoms with Gasteiger partial charge in [0.15, 0.2) is 0 Å². The van der Waals surface area contributed by atoms with Crippen molar-refractivity contribution in [1.82, 2.24) is 0 Å². The number of rotatable bonds is 27. The molecule has 0 atom stereocenters. The molecule has 0 aliphatic rings. The lowest BCUT2D eigenvalue weighted by Crippen LogP contribution is -2.03. The minimum absolute atomic E-state index is 0.0727. The summed E-state index contributed by atoms with van der Waals surface area (Å²) in [5.41, 5.74) is 2.21. The number of unbranched alkanes of at least 4 members (excludes halogenated alkanes) is 14. The van der Waals surface area contributed by atoms with Crippen molar-refractivity contribution >= 4 is 33.5 Å². The standard InChI is InChI=1S/C46H62O6/c1-3-49-43(47)29-17-13-9-5-7-11-15-23-35-51-41-33-31-37-25-19-21-27-39(37)45(41)46-40-28-22-20-26-38(40)32-34-42(46)52-36-24-16-12-8-6-10-14-18-30-44(48)50-4-2/h19-22,25-28,31-34H,3-18,23-24,29-30,35-36H2,1-2H3. The maximum atomic E-state index is 11.5. The Morgan fingerprint density at radius 3 is 1.15 bits per heavy atom. The maximum Gasteiger partial charge on any atom is 0.305 e. The number of carbonyl (C=O) groups is 2. The molecule has 0 amide bonds. The van der Waals surface area contributed by atoms with Crippen molar-refractivity contribution in [3.05, 3.63) is 72.8 Å². The maximum absolute atomic E-state index is 11.5. The van der Waals surface area contributed by atoms with E-state index >= 15 is 0 Å². The molecule has 4 aromatic carbocycles. The summed E-state index contributed by atoms with van der Waals surface area (Å²) in [6, 6.07) is 25.8. The van der Waals surface area contributed by atoms with Crippen molar-refractivity contribution < 1.29 is 28.5 Å². The normalized spacial score (nSPS) is 11.2. The number of hydrogen-bond donors (Lipinski definition) is 0. The van der Waals surface area contributed by atoms with Gasteiger partial charge in [0.25, 0.3) is 0 Å². The molecule has 6 nitrogen and oxygen atoms in total. The van der Waals surface area contributed by atoms with E-state index in [0.717, 1.165) is 74.0 Å². The number of benzene rings is 4. The van der Waals surface area contributed by atoms with Crippen LogP contribution >= 0.6 is 0 Å². The van der Waals surface area contributed by atoms with Crippen molar-refractivity contribution in [2.45, 2.75) is 129 Å². The highest BCUT2D eigenvalue weighted by atomic mass is 16.5. The molecular weight excluding hydrogens is 649 g/mol. The van der Waals surface area contributed by atoms with Crippen LogP contribution in [0, 0.1) is 0 Å². The van der Waals surface area contributed by atoms with E-state index in [-0.39, 0.29) is 11.9 Å². The summed E-state index contributed by atoms with van der Waals surface area (Å²) in [5, 5.41) is 4.72. The lowest BCUT2D eigenvalue weighted by Gasteiger charge is -2.20. The molecule has 0 unspecified atom stereocenters. The number of esters is 2. The number of ether oxygens (including phenoxy) is 4. The van der Waals surface area contributed by atoms with Crippen molar-refractivity contribution in [3.8, 4) is 22.6 Å². The summed E-state index contributed by atoms with van der Waals surface area (Å²) in [7, 11) is 0. The Bertz CT molecular complexity index is 1510. The first kappa shape index (κ1) is 40.7. The second kappa shape index (κ2) is 24.2. The first-order chi connectivity index (χ1) is 25.6. The van der Waals surface area contributed by atoms with Gasteiger partial charge in [0.1, 0.15) is 11.5 Å². The molecule has 0 radical (unpaired) electrons. The molecule has 0 saturated carbocycles. The lowest BCUT2D eigenvalue weighted by atomic mass is 9.92. The molecular formula is C46H62O6. The highest BCUT2D eigenvalue weighted by molar-refractivity contribution is 6.09. The summed E-state index contributed by atoms with van der Waals surface area (Å²) in [6.07, 6.45) is 19.0. The summed E-state index contributed by atoms with van der Waals surface area (Å²) >= 11 is 0. The van der Waals surface area contributed by atoms with Crippen LogP contribution in [0.3, 0.4) is 0 Å². The summed E-state index contributed by atoms with van der Waals surface area (Å²) < 4.78 is 23.3. The van der Waals surface area contributed by atoms with Gasteiger partial charge in [0, 0.05) is 24.0 Å². The third-order valence-electron chi connectivity index (χ3n) is 9.71. The van der Waals surface area contributed by atoms with Crippen molar-refractivity contribution in [2.24, 2.45) is 0 Å². The quantitative estimate of drug-likeness (QED) is 0.0453. The van der Waals surface area contributed by atoms with Gasteiger partial charge in [-0.2, -0.15) is 0 Å². The van der Waals surface area contributed by atoms with E-state index in [2.05, 4.69) is 72.8 Å². The SMILES string of the molecule is CCOC(=O)CCCCCCCCCCOc1ccc2ccccc2c1-c1c(OCCCCCCCCCCC(=O)OCC)ccc2ccccc12. The van der Waals surface area contributed by atoms with E-state index < -0.39 is 0 Å². The van der Waals surface area contributed by atoms with E-state index in [4.69, 9.17) is 18.9 Å². The number of fused-ring (bicyclic) bond motifs is 2. The molecule has 0 saturated heterocycles. The van der Waals surface area contributed by atoms with Gasteiger partial charge in [0.2, 0.25) is 0 Å². The molecule has 4 aromatic rings. The van der Waals surface area contributed by atoms with Crippen molar-refractivity contribution in [1.29, 1.82) is 0 Å². The largest absolute Gasteiger partial charge is 0.493 e. The van der Waals surface area contributed by atoms with E-state index in [9.17, 15) is 9.59 Å². The molecule has 282 valence electrons. The number of hydrogen-bond acceptors (Lipinski definition) is 6. The minimum Gasteiger partial charge on any atom is -0.493 e. The predicted molar refractivity (Wildman–Crippen MR) is 214 cm³/mol. The van der Waals surface area contributed by atoms with E-state index in [1.807, 2.05) is 13.8 Å². The van der Waals surface area contributed by atoms with Gasteiger partial charge < -0.3 is 18.9 Å². The molecule has 4 rings (SSSR count). The van der Waals surface area contributed by atoms with Crippen molar-refractivity contribution in [3.63, 3.8) is 0 Å². The molecule has 52 heavy (non-hydrogen) atoms. The van der Waals surface area contributed by atoms with Gasteiger partial charge in [-0.1, -0.05) is 138 Å². The van der Waals surface area contributed by atoms with Crippen LogP contribution in [0.2, 0.25) is 0 Å². The fraction of sp³-hybridized carbons (Fsp3) is 0.522. The third kappa shape index (κ3) is 13.8. The molecule has 0 bridgehead atoms. The van der Waals surface area contributed by atoms with E-state index in [1.165, 1.54) is 72.9 Å². The van der Waals surface area contributed by atoms with Gasteiger partial charge in [-0.05, 0) is 73.2 Å². The summed E-state index contributed by atoms with van der Waals surface area (Å²) in [4.78, 5) is 23.0. The van der Waals surface area contributed by atoms with Gasteiger partial charge in [-0.15, -0.1) is 0 Å². The van der Waals surface area contributed by atoms with Crippen LogP contribution in [0.15, 0.2) is 72.8 Å². The molecule has 0 N–H and O–H groups in total. The average Bonchev–Trinajstić information content (AvgIpc) is 3.16. The lowest BCUT2D eigenvalue weighted by molar-refractivity contribution is -0.144. The molecule has 0 heterocycles. The summed E-state index contributed by atoms with van der Waals surface area (Å²) in [5.74, 6) is 1.67. The Morgan fingerprint density at radius 1 is 0.423 bits per heavy atom. The fourth-order valence-corrected chi connectivity index (χ4v) is 6.95. The molecule has 6 heteroatoms. The molecule has 0 aliphatic carbocycles. The summed E-state index contributed by atoms with van der Waals surface area (Å²) in [6.45, 7) is 6.00. The van der Waals surface area contributed by atoms with Gasteiger partial charge in [0.05, 0.1) is 26.4 Å². The molecule has 0 aromatic heterocycles. The topological polar surface area (TPSA) is 71.1 Å². The van der Waals surface area contributed by atoms with Gasteiger partial charge in [-0.25, -0.2) is 0 Å². The van der Waals surface area contributed by atoms with Crippen LogP contribution in [0.5, 0.6) is 11.5 Å².